The zero-order chi connectivity index (χ0) is 19.1. The van der Waals surface area contributed by atoms with Gasteiger partial charge in [-0.3, -0.25) is 4.79 Å². The number of nitrogens with one attached hydrogen (secondary N) is 1. The predicted molar refractivity (Wildman–Crippen MR) is 103 cm³/mol. The van der Waals surface area contributed by atoms with Gasteiger partial charge in [-0.1, -0.05) is 78.9 Å². The van der Waals surface area contributed by atoms with Crippen molar-refractivity contribution in [2.24, 2.45) is 5.41 Å². The van der Waals surface area contributed by atoms with Crippen molar-refractivity contribution in [3.05, 3.63) is 90.0 Å². The minimum atomic E-state index is -1.23. The number of benzene rings is 2. The normalized spacial score (nSPS) is 18.4. The first-order valence-electron chi connectivity index (χ1n) is 8.72. The lowest BCUT2D eigenvalue weighted by molar-refractivity contribution is -0.145. The topological polar surface area (TPSA) is 75.6 Å². The molecule has 1 aliphatic carbocycles. The quantitative estimate of drug-likeness (QED) is 0.813. The van der Waals surface area contributed by atoms with E-state index < -0.39 is 17.5 Å². The lowest BCUT2D eigenvalue weighted by Gasteiger charge is -2.33. The molecule has 0 aliphatic heterocycles. The second-order valence-corrected chi connectivity index (χ2v) is 6.38. The molecule has 1 atom stereocenters. The molecule has 5 heteroatoms. The molecule has 27 heavy (non-hydrogen) atoms. The van der Waals surface area contributed by atoms with Crippen LogP contribution in [0.25, 0.3) is 5.57 Å². The van der Waals surface area contributed by atoms with Gasteiger partial charge in [0.2, 0.25) is 0 Å². The molecular formula is C22H21NO4. The van der Waals surface area contributed by atoms with E-state index in [0.29, 0.717) is 12.0 Å². The van der Waals surface area contributed by atoms with Crippen molar-refractivity contribution < 1.29 is 19.4 Å². The van der Waals surface area contributed by atoms with Gasteiger partial charge in [0.05, 0.1) is 0 Å². The average Bonchev–Trinajstić information content (AvgIpc) is 2.72. The summed E-state index contributed by atoms with van der Waals surface area (Å²) >= 11 is 0. The Kier molecular flexibility index (Phi) is 5.71. The Labute approximate surface area is 158 Å². The van der Waals surface area contributed by atoms with Gasteiger partial charge in [0.25, 0.3) is 0 Å². The molecule has 0 saturated heterocycles. The van der Waals surface area contributed by atoms with Gasteiger partial charge in [0.1, 0.15) is 12.0 Å². The van der Waals surface area contributed by atoms with Crippen molar-refractivity contribution in [3.63, 3.8) is 0 Å². The predicted octanol–water partition coefficient (Wildman–Crippen LogP) is 4.03. The highest BCUT2D eigenvalue weighted by Crippen LogP contribution is 2.41. The number of amides is 1. The van der Waals surface area contributed by atoms with Gasteiger partial charge in [-0.25, -0.2) is 4.79 Å². The van der Waals surface area contributed by atoms with E-state index in [2.05, 4.69) is 5.32 Å². The van der Waals surface area contributed by atoms with E-state index in [1.165, 1.54) is 0 Å². The highest BCUT2D eigenvalue weighted by molar-refractivity contribution is 5.94. The van der Waals surface area contributed by atoms with E-state index in [9.17, 15) is 14.7 Å². The van der Waals surface area contributed by atoms with Crippen LogP contribution in [0.1, 0.15) is 17.5 Å². The number of carboxylic acids is 1. The van der Waals surface area contributed by atoms with Crippen LogP contribution in [-0.2, 0) is 16.1 Å². The first-order valence-corrected chi connectivity index (χ1v) is 8.72. The van der Waals surface area contributed by atoms with Gasteiger partial charge in [-0.2, -0.15) is 0 Å². The molecule has 1 amide bonds. The number of rotatable bonds is 6. The number of aliphatic carboxylic acids is 1. The molecule has 0 fully saturated rings. The number of carbonyl (C=O) groups is 2. The molecule has 0 aromatic heterocycles. The Morgan fingerprint density at radius 2 is 1.70 bits per heavy atom. The SMILES string of the molecule is O=C(NCC1(C(=O)O)CC=CC=C1c1ccccc1)OCc1ccccc1. The minimum Gasteiger partial charge on any atom is -0.481 e. The number of carboxylic acid groups (broad SMARTS) is 1. The number of hydrogen-bond acceptors (Lipinski definition) is 3. The molecule has 0 bridgehead atoms. The van der Waals surface area contributed by atoms with Crippen molar-refractivity contribution >= 4 is 17.6 Å². The lowest BCUT2D eigenvalue weighted by Crippen LogP contribution is -2.44. The van der Waals surface area contributed by atoms with Crippen LogP contribution in [0.3, 0.4) is 0 Å². The van der Waals surface area contributed by atoms with Crippen LogP contribution >= 0.6 is 0 Å². The maximum absolute atomic E-state index is 12.2. The Morgan fingerprint density at radius 3 is 2.37 bits per heavy atom. The summed E-state index contributed by atoms with van der Waals surface area (Å²) in [5.74, 6) is -0.981. The summed E-state index contributed by atoms with van der Waals surface area (Å²) in [7, 11) is 0. The molecule has 2 aromatic rings. The summed E-state index contributed by atoms with van der Waals surface area (Å²) < 4.78 is 5.20. The fraction of sp³-hybridized carbons (Fsp3) is 0.182. The van der Waals surface area contributed by atoms with E-state index >= 15 is 0 Å². The van der Waals surface area contributed by atoms with Crippen LogP contribution in [0.15, 0.2) is 78.9 Å². The molecular weight excluding hydrogens is 342 g/mol. The third kappa shape index (κ3) is 4.26. The van der Waals surface area contributed by atoms with Gasteiger partial charge in [-0.15, -0.1) is 0 Å². The van der Waals surface area contributed by atoms with Gasteiger partial charge in [0, 0.05) is 6.54 Å². The van der Waals surface area contributed by atoms with Crippen molar-refractivity contribution in [2.75, 3.05) is 6.54 Å². The fourth-order valence-electron chi connectivity index (χ4n) is 3.14. The molecule has 3 rings (SSSR count). The van der Waals surface area contributed by atoms with Crippen LogP contribution in [-0.4, -0.2) is 23.7 Å². The van der Waals surface area contributed by atoms with Gasteiger partial charge in [-0.05, 0) is 23.1 Å². The van der Waals surface area contributed by atoms with E-state index in [1.54, 1.807) is 12.2 Å². The van der Waals surface area contributed by atoms with Crippen LogP contribution < -0.4 is 5.32 Å². The molecule has 1 unspecified atom stereocenters. The average molecular weight is 363 g/mol. The summed E-state index contributed by atoms with van der Waals surface area (Å²) in [5, 5.41) is 12.6. The second kappa shape index (κ2) is 8.36. The molecule has 138 valence electrons. The Bertz CT molecular complexity index is 858. The van der Waals surface area contributed by atoms with Crippen molar-refractivity contribution in [1.82, 2.24) is 5.32 Å². The first kappa shape index (κ1) is 18.5. The van der Waals surface area contributed by atoms with E-state index in [4.69, 9.17) is 4.74 Å². The van der Waals surface area contributed by atoms with Gasteiger partial charge < -0.3 is 15.2 Å². The number of alkyl carbamates (subject to hydrolysis) is 1. The molecule has 0 radical (unpaired) electrons. The zero-order valence-corrected chi connectivity index (χ0v) is 14.8. The molecule has 5 nitrogen and oxygen atoms in total. The third-order valence-corrected chi connectivity index (χ3v) is 4.62. The highest BCUT2D eigenvalue weighted by atomic mass is 16.5. The number of carbonyl (C=O) groups excluding carboxylic acids is 1. The Morgan fingerprint density at radius 1 is 1.04 bits per heavy atom. The van der Waals surface area contributed by atoms with Gasteiger partial charge in [0.15, 0.2) is 0 Å². The Hall–Kier alpha value is -3.34. The lowest BCUT2D eigenvalue weighted by atomic mass is 9.72. The van der Waals surface area contributed by atoms with Gasteiger partial charge >= 0.3 is 12.1 Å². The second-order valence-electron chi connectivity index (χ2n) is 6.38. The molecule has 2 aromatic carbocycles. The largest absolute Gasteiger partial charge is 0.481 e. The van der Waals surface area contributed by atoms with E-state index in [1.807, 2.05) is 66.7 Å². The maximum Gasteiger partial charge on any atom is 0.407 e. The summed E-state index contributed by atoms with van der Waals surface area (Å²) in [4.78, 5) is 24.3. The molecule has 0 heterocycles. The molecule has 1 aliphatic rings. The van der Waals surface area contributed by atoms with Crippen LogP contribution in [0.5, 0.6) is 0 Å². The Balaban J connectivity index is 1.71. The smallest absolute Gasteiger partial charge is 0.407 e. The number of ether oxygens (including phenoxy) is 1. The summed E-state index contributed by atoms with van der Waals surface area (Å²) in [6.45, 7) is 0.0784. The standard InChI is InChI=1S/C22H21NO4/c24-20(25)22(14-8-7-13-19(22)18-11-5-2-6-12-18)16-23-21(26)27-15-17-9-3-1-4-10-17/h1-13H,14-16H2,(H,23,26)(H,24,25). The third-order valence-electron chi connectivity index (χ3n) is 4.62. The summed E-state index contributed by atoms with van der Waals surface area (Å²) in [5.41, 5.74) is 1.12. The molecule has 0 saturated carbocycles. The van der Waals surface area contributed by atoms with Crippen molar-refractivity contribution in [1.29, 1.82) is 0 Å². The molecule has 0 spiro atoms. The van der Waals surface area contributed by atoms with Crippen molar-refractivity contribution in [3.8, 4) is 0 Å². The molecule has 2 N–H and O–H groups in total. The van der Waals surface area contributed by atoms with E-state index in [-0.39, 0.29) is 13.2 Å². The number of allylic oxidation sites excluding steroid dienone is 3. The maximum atomic E-state index is 12.2. The number of hydrogen-bond donors (Lipinski definition) is 2. The monoisotopic (exact) mass is 363 g/mol. The van der Waals surface area contributed by atoms with Crippen LogP contribution in [0.4, 0.5) is 4.79 Å². The van der Waals surface area contributed by atoms with Crippen molar-refractivity contribution in [2.45, 2.75) is 13.0 Å². The fourth-order valence-corrected chi connectivity index (χ4v) is 3.14. The minimum absolute atomic E-state index is 0.0545. The first-order chi connectivity index (χ1) is 13.1. The summed E-state index contributed by atoms with van der Waals surface area (Å²) in [6.07, 6.45) is 5.10. The van der Waals surface area contributed by atoms with E-state index in [0.717, 1.165) is 11.1 Å². The zero-order valence-electron chi connectivity index (χ0n) is 14.8. The highest BCUT2D eigenvalue weighted by Gasteiger charge is 2.43. The summed E-state index contributed by atoms with van der Waals surface area (Å²) in [6, 6.07) is 18.7. The van der Waals surface area contributed by atoms with Crippen LogP contribution in [0, 0.1) is 5.41 Å². The van der Waals surface area contributed by atoms with Crippen LogP contribution in [0.2, 0.25) is 0 Å².